The van der Waals surface area contributed by atoms with Crippen molar-refractivity contribution in [2.75, 3.05) is 31.2 Å². The summed E-state index contributed by atoms with van der Waals surface area (Å²) in [6.07, 6.45) is 3.30. The smallest absolute Gasteiger partial charge is 0.310 e. The number of hydrogen-bond acceptors (Lipinski definition) is 6. The average Bonchev–Trinajstić information content (AvgIpc) is 3.42. The lowest BCUT2D eigenvalue weighted by Crippen LogP contribution is -2.55. The number of aliphatic hydroxyl groups is 1. The third kappa shape index (κ3) is 4.40. The molecular weight excluding hydrogens is 568 g/mol. The number of carbonyl (C=O) groups excluding carboxylic acids is 3. The highest BCUT2D eigenvalue weighted by Gasteiger charge is 2.76. The molecule has 3 aliphatic rings. The first-order chi connectivity index (χ1) is 17.2. The molecule has 1 N–H and O–H groups in total. The summed E-state index contributed by atoms with van der Waals surface area (Å²) in [4.78, 5) is 44.8. The van der Waals surface area contributed by atoms with Gasteiger partial charge in [0.2, 0.25) is 5.91 Å². The summed E-state index contributed by atoms with van der Waals surface area (Å²) in [5.74, 6) is -2.06. The van der Waals surface area contributed by atoms with Crippen LogP contribution < -0.4 is 4.90 Å². The van der Waals surface area contributed by atoms with Gasteiger partial charge in [0.15, 0.2) is 0 Å². The van der Waals surface area contributed by atoms with E-state index in [1.165, 1.54) is 0 Å². The van der Waals surface area contributed by atoms with Crippen LogP contribution >= 0.6 is 39.3 Å². The number of hydrogen-bond donors (Lipinski definition) is 1. The van der Waals surface area contributed by atoms with Crippen LogP contribution in [0.1, 0.15) is 31.7 Å². The van der Waals surface area contributed by atoms with Gasteiger partial charge in [-0.15, -0.1) is 18.3 Å². The number of nitrogens with zero attached hydrogens (tertiary/aromatic N) is 2. The fourth-order valence-electron chi connectivity index (χ4n) is 6.08. The maximum absolute atomic E-state index is 14.5. The van der Waals surface area contributed by atoms with E-state index < -0.39 is 22.6 Å². The van der Waals surface area contributed by atoms with E-state index in [1.807, 2.05) is 19.1 Å². The molecule has 1 aromatic rings. The molecule has 36 heavy (non-hydrogen) atoms. The Bertz CT molecular complexity index is 1040. The number of ether oxygens (including phenoxy) is 1. The highest BCUT2D eigenvalue weighted by atomic mass is 79.9. The van der Waals surface area contributed by atoms with Gasteiger partial charge in [0.1, 0.15) is 6.04 Å². The minimum atomic E-state index is -0.779. The molecule has 3 fully saturated rings. The summed E-state index contributed by atoms with van der Waals surface area (Å²) in [5, 5.41) is 9.64. The van der Waals surface area contributed by atoms with Crippen molar-refractivity contribution in [3.05, 3.63) is 41.4 Å². The molecule has 4 rings (SSSR count). The number of aryl methyl sites for hydroxylation is 1. The highest BCUT2D eigenvalue weighted by molar-refractivity contribution is 9.09. The van der Waals surface area contributed by atoms with Gasteiger partial charge in [-0.2, -0.15) is 0 Å². The number of fused-ring (bicyclic) bond motifs is 1. The number of amides is 2. The van der Waals surface area contributed by atoms with Crippen molar-refractivity contribution in [3.63, 3.8) is 0 Å². The normalized spacial score (nSPS) is 30.4. The van der Waals surface area contributed by atoms with Gasteiger partial charge in [0, 0.05) is 29.8 Å². The van der Waals surface area contributed by atoms with Crippen LogP contribution in [0.15, 0.2) is 30.9 Å². The number of halogens is 2. The summed E-state index contributed by atoms with van der Waals surface area (Å²) in [7, 11) is 0. The second kappa shape index (κ2) is 11.1. The second-order valence-corrected chi connectivity index (χ2v) is 12.6. The summed E-state index contributed by atoms with van der Waals surface area (Å²) >= 11 is 11.9. The number of benzene rings is 1. The van der Waals surface area contributed by atoms with E-state index in [2.05, 4.69) is 22.5 Å². The first kappa shape index (κ1) is 27.5. The van der Waals surface area contributed by atoms with Crippen molar-refractivity contribution in [1.29, 1.82) is 0 Å². The molecule has 0 aromatic heterocycles. The Labute approximate surface area is 229 Å². The highest BCUT2D eigenvalue weighted by Crippen LogP contribution is 2.68. The summed E-state index contributed by atoms with van der Waals surface area (Å²) in [5.41, 5.74) is 1.44. The molecule has 0 aliphatic carbocycles. The van der Waals surface area contributed by atoms with Crippen LogP contribution in [0.5, 0.6) is 0 Å². The monoisotopic (exact) mass is 598 g/mol. The number of para-hydroxylation sites is 1. The van der Waals surface area contributed by atoms with Gasteiger partial charge in [-0.3, -0.25) is 14.4 Å². The minimum absolute atomic E-state index is 0.00235. The Morgan fingerprint density at radius 3 is 2.81 bits per heavy atom. The van der Waals surface area contributed by atoms with E-state index in [9.17, 15) is 19.5 Å². The molecule has 10 heteroatoms. The van der Waals surface area contributed by atoms with Gasteiger partial charge in [0.25, 0.3) is 5.91 Å². The number of unbranched alkanes of at least 4 members (excludes halogenated alkanes) is 1. The third-order valence-corrected chi connectivity index (χ3v) is 10.9. The molecule has 6 atom stereocenters. The van der Waals surface area contributed by atoms with Gasteiger partial charge >= 0.3 is 5.97 Å². The van der Waals surface area contributed by atoms with Crippen LogP contribution in [0, 0.1) is 18.8 Å². The number of carbonyl (C=O) groups is 3. The lowest BCUT2D eigenvalue weighted by atomic mass is 9.71. The predicted octanol–water partition coefficient (Wildman–Crippen LogP) is 3.97. The number of anilines is 1. The van der Waals surface area contributed by atoms with Crippen molar-refractivity contribution in [3.8, 4) is 0 Å². The zero-order chi connectivity index (χ0) is 26.2. The fraction of sp³-hybridized carbons (Fsp3) is 0.577. The van der Waals surface area contributed by atoms with Gasteiger partial charge in [-0.1, -0.05) is 45.7 Å². The van der Waals surface area contributed by atoms with E-state index in [0.29, 0.717) is 36.5 Å². The third-order valence-electron chi connectivity index (χ3n) is 7.43. The molecule has 3 heterocycles. The fourth-order valence-corrected chi connectivity index (χ4v) is 10.0. The molecule has 7 nitrogen and oxygen atoms in total. The maximum atomic E-state index is 14.5. The number of esters is 1. The Balaban J connectivity index is 1.81. The molecule has 3 unspecified atom stereocenters. The zero-order valence-electron chi connectivity index (χ0n) is 20.5. The molecule has 1 spiro atoms. The molecule has 0 saturated carbocycles. The topological polar surface area (TPSA) is 87.2 Å². The SMILES string of the molecule is C=CCN(C(=O)C1N(CCCCO)C(=O)[C@@H]2[C@@H](C(=O)OCC)[C@@H]3SC12CC3Br)c1c(C)cccc1Cl. The van der Waals surface area contributed by atoms with Gasteiger partial charge < -0.3 is 19.6 Å². The van der Waals surface area contributed by atoms with E-state index in [4.69, 9.17) is 16.3 Å². The predicted molar refractivity (Wildman–Crippen MR) is 146 cm³/mol. The largest absolute Gasteiger partial charge is 0.466 e. The van der Waals surface area contributed by atoms with Crippen molar-refractivity contribution in [2.45, 2.75) is 54.0 Å². The number of rotatable bonds is 10. The number of thioether (sulfide) groups is 1. The minimum Gasteiger partial charge on any atom is -0.466 e. The summed E-state index contributed by atoms with van der Waals surface area (Å²) in [6, 6.07) is 4.69. The molecule has 2 amide bonds. The zero-order valence-corrected chi connectivity index (χ0v) is 23.7. The number of aliphatic hydroxyl groups excluding tert-OH is 1. The quantitative estimate of drug-likeness (QED) is 0.190. The molecule has 196 valence electrons. The Kier molecular flexibility index (Phi) is 8.44. The molecule has 3 aliphatic heterocycles. The molecule has 2 bridgehead atoms. The maximum Gasteiger partial charge on any atom is 0.310 e. The Morgan fingerprint density at radius 2 is 2.17 bits per heavy atom. The molecule has 0 radical (unpaired) electrons. The van der Waals surface area contributed by atoms with Crippen LogP contribution in [-0.4, -0.2) is 75.0 Å². The van der Waals surface area contributed by atoms with E-state index in [-0.39, 0.29) is 47.6 Å². The Hall–Kier alpha value is -1.55. The van der Waals surface area contributed by atoms with Crippen molar-refractivity contribution in [2.24, 2.45) is 11.8 Å². The second-order valence-electron chi connectivity index (χ2n) is 9.52. The number of alkyl halides is 1. The lowest BCUT2D eigenvalue weighted by Gasteiger charge is -2.38. The molecular formula is C26H32BrClN2O5S. The van der Waals surface area contributed by atoms with Crippen LogP contribution in [0.3, 0.4) is 0 Å². The van der Waals surface area contributed by atoms with Crippen molar-refractivity contribution in [1.82, 2.24) is 4.90 Å². The van der Waals surface area contributed by atoms with Gasteiger partial charge in [0.05, 0.1) is 33.9 Å². The standard InChI is InChI=1S/C26H32BrClN2O5S/c1-4-11-29(20-15(3)9-8-10-17(20)28)24(33)22-26-14-16(27)21(36-26)18(25(34)35-5-2)19(26)23(32)30(22)12-6-7-13-31/h4,8-10,16,18-19,21-22,31H,1,5-7,11-14H2,2-3H3/t16?,18-,19+,21-,22?,26?/m1/s1. The molecule has 1 aromatic carbocycles. The van der Waals surface area contributed by atoms with Crippen LogP contribution in [0.2, 0.25) is 5.02 Å². The van der Waals surface area contributed by atoms with Gasteiger partial charge in [-0.25, -0.2) is 0 Å². The van der Waals surface area contributed by atoms with Crippen LogP contribution in [0.4, 0.5) is 5.69 Å². The van der Waals surface area contributed by atoms with Crippen LogP contribution in [0.25, 0.3) is 0 Å². The van der Waals surface area contributed by atoms with E-state index >= 15 is 0 Å². The average molecular weight is 600 g/mol. The van der Waals surface area contributed by atoms with Crippen LogP contribution in [-0.2, 0) is 19.1 Å². The lowest BCUT2D eigenvalue weighted by molar-refractivity contribution is -0.153. The number of likely N-dealkylation sites (tertiary alicyclic amines) is 1. The summed E-state index contributed by atoms with van der Waals surface area (Å²) < 4.78 is 4.63. The first-order valence-corrected chi connectivity index (χ1v) is 14.5. The van der Waals surface area contributed by atoms with E-state index in [1.54, 1.807) is 40.6 Å². The Morgan fingerprint density at radius 1 is 1.42 bits per heavy atom. The van der Waals surface area contributed by atoms with Gasteiger partial charge in [-0.05, 0) is 44.7 Å². The summed E-state index contributed by atoms with van der Waals surface area (Å²) in [6.45, 7) is 8.28. The molecule has 3 saturated heterocycles. The van der Waals surface area contributed by atoms with Crippen molar-refractivity contribution < 1.29 is 24.2 Å². The van der Waals surface area contributed by atoms with Crippen molar-refractivity contribution >= 4 is 62.8 Å². The first-order valence-electron chi connectivity index (χ1n) is 12.3. The van der Waals surface area contributed by atoms with E-state index in [0.717, 1.165) is 5.56 Å².